The Kier molecular flexibility index (Phi) is 8.13. The maximum Gasteiger partial charge on any atom is 0.344 e. The molecule has 0 aliphatic heterocycles. The molecule has 2 atom stereocenters. The van der Waals surface area contributed by atoms with Gasteiger partial charge in [-0.05, 0) is 6.92 Å². The molecule has 10 heteroatoms. The van der Waals surface area contributed by atoms with Crippen LogP contribution in [0.5, 0.6) is 0 Å². The van der Waals surface area contributed by atoms with Gasteiger partial charge in [-0.25, -0.2) is 9.59 Å². The van der Waals surface area contributed by atoms with Crippen LogP contribution in [0.25, 0.3) is 0 Å². The van der Waals surface area contributed by atoms with Gasteiger partial charge in [0.1, 0.15) is 0 Å². The first-order valence-electron chi connectivity index (χ1n) is 4.68. The van der Waals surface area contributed by atoms with Crippen molar-refractivity contribution in [3.05, 3.63) is 0 Å². The van der Waals surface area contributed by atoms with Crippen LogP contribution in [0, 0.1) is 0 Å². The second-order valence-corrected chi connectivity index (χ2v) is 3.55. The van der Waals surface area contributed by atoms with Crippen LogP contribution in [0.2, 0.25) is 0 Å². The minimum absolute atomic E-state index is 0. The Labute approximate surface area is 119 Å². The van der Waals surface area contributed by atoms with E-state index in [1.807, 2.05) is 0 Å². The average Bonchev–Trinajstić information content (AvgIpc) is 2.14. The fraction of sp³-hybridized carbons (Fsp3) is 0.556. The molecule has 19 heavy (non-hydrogen) atoms. The number of ether oxygens (including phenoxy) is 1. The summed E-state index contributed by atoms with van der Waals surface area (Å²) in [7, 11) is 0. The molecule has 0 spiro atoms. The second-order valence-electron chi connectivity index (χ2n) is 3.55. The molecule has 4 N–H and O–H groups in total. The maximum atomic E-state index is 11.2. The third kappa shape index (κ3) is 6.83. The number of aliphatic hydroxyl groups is 1. The average molecular weight is 330 g/mol. The summed E-state index contributed by atoms with van der Waals surface area (Å²) in [6.07, 6.45) is -3.90. The molecule has 0 amide bonds. The van der Waals surface area contributed by atoms with E-state index in [0.717, 1.165) is 6.92 Å². The molecular formula is C9H12O9Zn. The Morgan fingerprint density at radius 2 is 1.58 bits per heavy atom. The van der Waals surface area contributed by atoms with Crippen LogP contribution in [0.3, 0.4) is 0 Å². The van der Waals surface area contributed by atoms with Crippen LogP contribution in [-0.4, -0.2) is 56.0 Å². The first-order valence-corrected chi connectivity index (χ1v) is 4.68. The summed E-state index contributed by atoms with van der Waals surface area (Å²) >= 11 is 0. The number of rotatable bonds is 7. The van der Waals surface area contributed by atoms with Gasteiger partial charge in [-0.3, -0.25) is 9.59 Å². The van der Waals surface area contributed by atoms with Crippen LogP contribution >= 0.6 is 0 Å². The summed E-state index contributed by atoms with van der Waals surface area (Å²) in [6, 6.07) is 0. The number of hydrogen-bond acceptors (Lipinski definition) is 6. The third-order valence-corrected chi connectivity index (χ3v) is 1.93. The molecular weight excluding hydrogens is 317 g/mol. The summed E-state index contributed by atoms with van der Waals surface area (Å²) in [5.74, 6) is -6.32. The maximum absolute atomic E-state index is 11.2. The molecule has 0 fully saturated rings. The Bertz CT molecular complexity index is 380. The largest absolute Gasteiger partial charge is 0.481 e. The van der Waals surface area contributed by atoms with E-state index in [-0.39, 0.29) is 19.5 Å². The van der Waals surface area contributed by atoms with Crippen molar-refractivity contribution in [2.24, 2.45) is 0 Å². The topological polar surface area (TPSA) is 158 Å². The molecule has 0 aromatic carbocycles. The minimum Gasteiger partial charge on any atom is -0.481 e. The van der Waals surface area contributed by atoms with Crippen molar-refractivity contribution in [3.8, 4) is 0 Å². The zero-order valence-electron chi connectivity index (χ0n) is 10.0. The first-order chi connectivity index (χ1) is 8.08. The molecule has 0 saturated heterocycles. The van der Waals surface area contributed by atoms with Gasteiger partial charge in [0.25, 0.3) is 0 Å². The Morgan fingerprint density at radius 3 is 1.89 bits per heavy atom. The van der Waals surface area contributed by atoms with E-state index in [1.54, 1.807) is 0 Å². The normalized spacial score (nSPS) is 14.4. The smallest absolute Gasteiger partial charge is 0.344 e. The molecule has 0 rings (SSSR count). The number of carboxylic acid groups (broad SMARTS) is 3. The predicted octanol–water partition coefficient (Wildman–Crippen LogP) is -1.32. The van der Waals surface area contributed by atoms with E-state index in [0.29, 0.717) is 0 Å². The monoisotopic (exact) mass is 328 g/mol. The van der Waals surface area contributed by atoms with Crippen molar-refractivity contribution in [3.63, 3.8) is 0 Å². The van der Waals surface area contributed by atoms with Crippen molar-refractivity contribution in [1.29, 1.82) is 0 Å². The van der Waals surface area contributed by atoms with E-state index in [1.165, 1.54) is 0 Å². The van der Waals surface area contributed by atoms with E-state index < -0.39 is 48.4 Å². The van der Waals surface area contributed by atoms with Gasteiger partial charge in [0.15, 0.2) is 11.7 Å². The molecule has 104 valence electrons. The van der Waals surface area contributed by atoms with E-state index >= 15 is 0 Å². The summed E-state index contributed by atoms with van der Waals surface area (Å²) < 4.78 is 4.28. The van der Waals surface area contributed by atoms with Gasteiger partial charge in [-0.2, -0.15) is 0 Å². The number of carbonyl (C=O) groups excluding carboxylic acids is 1. The van der Waals surface area contributed by atoms with Crippen molar-refractivity contribution in [2.75, 3.05) is 0 Å². The second kappa shape index (κ2) is 7.80. The van der Waals surface area contributed by atoms with Crippen LogP contribution in [0.1, 0.15) is 19.8 Å². The van der Waals surface area contributed by atoms with E-state index in [2.05, 4.69) is 4.74 Å². The van der Waals surface area contributed by atoms with Gasteiger partial charge in [0.05, 0.1) is 12.8 Å². The number of carboxylic acids is 3. The molecule has 0 radical (unpaired) electrons. The number of hydrogen-bond donors (Lipinski definition) is 4. The molecule has 0 aliphatic rings. The van der Waals surface area contributed by atoms with Gasteiger partial charge in [-0.15, -0.1) is 0 Å². The Balaban J connectivity index is 0. The fourth-order valence-electron chi connectivity index (χ4n) is 0.992. The van der Waals surface area contributed by atoms with Crippen molar-refractivity contribution < 1.29 is 63.8 Å². The van der Waals surface area contributed by atoms with Crippen LogP contribution in [-0.2, 0) is 43.4 Å². The third-order valence-electron chi connectivity index (χ3n) is 1.93. The zero-order valence-corrected chi connectivity index (χ0v) is 13.0. The van der Waals surface area contributed by atoms with Gasteiger partial charge in [0.2, 0.25) is 0 Å². The van der Waals surface area contributed by atoms with Crippen molar-refractivity contribution >= 4 is 23.9 Å². The van der Waals surface area contributed by atoms with E-state index in [4.69, 9.17) is 15.3 Å². The SMILES string of the molecule is CC(OC(=O)CC(O)(CC(=O)O)C(=O)O)C(=O)O.[Zn]. The molecule has 2 unspecified atom stereocenters. The predicted molar refractivity (Wildman–Crippen MR) is 52.6 cm³/mol. The van der Waals surface area contributed by atoms with Crippen molar-refractivity contribution in [1.82, 2.24) is 0 Å². The van der Waals surface area contributed by atoms with Crippen LogP contribution < -0.4 is 0 Å². The molecule has 0 aliphatic carbocycles. The van der Waals surface area contributed by atoms with Crippen molar-refractivity contribution in [2.45, 2.75) is 31.5 Å². The van der Waals surface area contributed by atoms with Gasteiger partial charge in [0, 0.05) is 19.5 Å². The summed E-state index contributed by atoms with van der Waals surface area (Å²) in [5, 5.41) is 34.9. The fourth-order valence-corrected chi connectivity index (χ4v) is 0.992. The molecule has 9 nitrogen and oxygen atoms in total. The van der Waals surface area contributed by atoms with Gasteiger partial charge < -0.3 is 25.2 Å². The Hall–Kier alpha value is -1.54. The van der Waals surface area contributed by atoms with Crippen LogP contribution in [0.4, 0.5) is 0 Å². The summed E-state index contributed by atoms with van der Waals surface area (Å²) in [5.41, 5.74) is -2.83. The first kappa shape index (κ1) is 19.8. The summed E-state index contributed by atoms with van der Waals surface area (Å²) in [4.78, 5) is 42.6. The summed E-state index contributed by atoms with van der Waals surface area (Å²) in [6.45, 7) is 1.03. The molecule has 0 aromatic heterocycles. The quantitative estimate of drug-likeness (QED) is 0.328. The Morgan fingerprint density at radius 1 is 1.11 bits per heavy atom. The van der Waals surface area contributed by atoms with Gasteiger partial charge in [-0.1, -0.05) is 0 Å². The molecule has 0 bridgehead atoms. The standard InChI is InChI=1S/C9H12O9.Zn/c1-4(7(13)14)18-6(12)3-9(17,8(15)16)2-5(10)11;/h4,17H,2-3H2,1H3,(H,10,11)(H,13,14)(H,15,16);. The zero-order chi connectivity index (χ0) is 14.5. The number of carbonyl (C=O) groups is 4. The number of aliphatic carboxylic acids is 3. The molecule has 0 saturated carbocycles. The molecule has 0 heterocycles. The van der Waals surface area contributed by atoms with Crippen LogP contribution in [0.15, 0.2) is 0 Å². The number of esters is 1. The molecule has 0 aromatic rings. The van der Waals surface area contributed by atoms with Gasteiger partial charge >= 0.3 is 23.9 Å². The van der Waals surface area contributed by atoms with E-state index in [9.17, 15) is 24.3 Å². The minimum atomic E-state index is -2.83.